The summed E-state index contributed by atoms with van der Waals surface area (Å²) in [5.41, 5.74) is 1.57. The van der Waals surface area contributed by atoms with Crippen LogP contribution in [0.3, 0.4) is 0 Å². The molecule has 0 amide bonds. The molecule has 1 N–H and O–H groups in total. The molecule has 2 rings (SSSR count). The van der Waals surface area contributed by atoms with Crippen molar-refractivity contribution in [2.45, 2.75) is 26.2 Å². The molecule has 0 unspecified atom stereocenters. The summed E-state index contributed by atoms with van der Waals surface area (Å²) >= 11 is 0. The summed E-state index contributed by atoms with van der Waals surface area (Å²) < 4.78 is 7.00. The van der Waals surface area contributed by atoms with Crippen LogP contribution in [0.5, 0.6) is 11.5 Å². The van der Waals surface area contributed by atoms with Crippen molar-refractivity contribution < 1.29 is 9.84 Å². The van der Waals surface area contributed by atoms with Crippen LogP contribution in [0.2, 0.25) is 0 Å². The lowest BCUT2D eigenvalue weighted by Gasteiger charge is -2.25. The monoisotopic (exact) mass is 247 g/mol. The molecule has 5 nitrogen and oxygen atoms in total. The fraction of sp³-hybridized carbons (Fsp3) is 0.385. The van der Waals surface area contributed by atoms with Gasteiger partial charge in [-0.05, 0) is 17.5 Å². The molecule has 0 radical (unpaired) electrons. The number of hydrogen-bond donors (Lipinski definition) is 1. The largest absolute Gasteiger partial charge is 0.504 e. The summed E-state index contributed by atoms with van der Waals surface area (Å²) in [6.45, 7) is 6.18. The van der Waals surface area contributed by atoms with Gasteiger partial charge < -0.3 is 9.84 Å². The van der Waals surface area contributed by atoms with E-state index < -0.39 is 0 Å². The number of nitrogens with zero attached hydrogens (tertiary/aromatic N) is 3. The van der Waals surface area contributed by atoms with Crippen molar-refractivity contribution in [1.82, 2.24) is 15.0 Å². The van der Waals surface area contributed by atoms with Crippen LogP contribution in [0.15, 0.2) is 24.5 Å². The summed E-state index contributed by atoms with van der Waals surface area (Å²) in [6, 6.07) is 3.41. The smallest absolute Gasteiger partial charge is 0.166 e. The second kappa shape index (κ2) is 4.33. The Labute approximate surface area is 106 Å². The van der Waals surface area contributed by atoms with Gasteiger partial charge in [0.25, 0.3) is 0 Å². The molecule has 0 atom stereocenters. The molecule has 2 aromatic rings. The lowest BCUT2D eigenvalue weighted by atomic mass is 9.84. The predicted octanol–water partition coefficient (Wildman–Crippen LogP) is 2.28. The minimum absolute atomic E-state index is 0.131. The maximum Gasteiger partial charge on any atom is 0.166 e. The first kappa shape index (κ1) is 12.4. The normalized spacial score (nSPS) is 11.6. The van der Waals surface area contributed by atoms with Crippen molar-refractivity contribution in [1.29, 1.82) is 0 Å². The first-order valence-electron chi connectivity index (χ1n) is 5.72. The maximum absolute atomic E-state index is 9.91. The zero-order valence-electron chi connectivity index (χ0n) is 11.0. The van der Waals surface area contributed by atoms with Crippen LogP contribution in [0.1, 0.15) is 26.3 Å². The number of benzene rings is 1. The van der Waals surface area contributed by atoms with Gasteiger partial charge in [-0.25, -0.2) is 4.68 Å². The van der Waals surface area contributed by atoms with Crippen molar-refractivity contribution in [2.24, 2.45) is 0 Å². The zero-order chi connectivity index (χ0) is 13.3. The van der Waals surface area contributed by atoms with E-state index in [-0.39, 0.29) is 11.2 Å². The Morgan fingerprint density at radius 3 is 2.50 bits per heavy atom. The molecule has 1 heterocycles. The van der Waals surface area contributed by atoms with Gasteiger partial charge in [-0.15, -0.1) is 5.10 Å². The minimum Gasteiger partial charge on any atom is -0.504 e. The third kappa shape index (κ3) is 2.03. The van der Waals surface area contributed by atoms with Crippen molar-refractivity contribution in [3.8, 4) is 17.2 Å². The molecule has 0 aliphatic carbocycles. The third-order valence-corrected chi connectivity index (χ3v) is 2.74. The first-order valence-corrected chi connectivity index (χ1v) is 5.72. The number of hydrogen-bond acceptors (Lipinski definition) is 4. The van der Waals surface area contributed by atoms with E-state index >= 15 is 0 Å². The predicted molar refractivity (Wildman–Crippen MR) is 68.3 cm³/mol. The maximum atomic E-state index is 9.91. The topological polar surface area (TPSA) is 60.2 Å². The van der Waals surface area contributed by atoms with Crippen molar-refractivity contribution >= 4 is 0 Å². The van der Waals surface area contributed by atoms with Crippen LogP contribution < -0.4 is 4.74 Å². The van der Waals surface area contributed by atoms with E-state index in [1.807, 2.05) is 6.07 Å². The van der Waals surface area contributed by atoms with Gasteiger partial charge in [0.15, 0.2) is 11.5 Å². The van der Waals surface area contributed by atoms with E-state index in [1.54, 1.807) is 30.3 Å². The number of methoxy groups -OCH3 is 1. The van der Waals surface area contributed by atoms with Gasteiger partial charge in [-0.3, -0.25) is 0 Å². The molecule has 0 aliphatic heterocycles. The van der Waals surface area contributed by atoms with Crippen LogP contribution in [-0.4, -0.2) is 27.2 Å². The number of phenols is 1. The Morgan fingerprint density at radius 2 is 2.00 bits per heavy atom. The SMILES string of the molecule is COc1c(O)ccc(-n2ccnn2)c1C(C)(C)C. The number of phenolic OH excluding ortho intramolecular Hbond substituents is 1. The Balaban J connectivity index is 2.75. The summed E-state index contributed by atoms with van der Waals surface area (Å²) in [7, 11) is 1.55. The fourth-order valence-electron chi connectivity index (χ4n) is 2.02. The van der Waals surface area contributed by atoms with Gasteiger partial charge in [0.05, 0.1) is 25.2 Å². The molecule has 0 spiro atoms. The minimum atomic E-state index is -0.189. The van der Waals surface area contributed by atoms with E-state index in [4.69, 9.17) is 4.74 Å². The molecule has 0 saturated carbocycles. The van der Waals surface area contributed by atoms with Crippen LogP contribution in [0.25, 0.3) is 5.69 Å². The average molecular weight is 247 g/mol. The van der Waals surface area contributed by atoms with Gasteiger partial charge in [0, 0.05) is 5.56 Å². The van der Waals surface area contributed by atoms with Crippen molar-refractivity contribution in [3.05, 3.63) is 30.1 Å². The first-order chi connectivity index (χ1) is 8.45. The summed E-state index contributed by atoms with van der Waals surface area (Å²) in [5, 5.41) is 17.7. The molecule has 0 saturated heterocycles. The van der Waals surface area contributed by atoms with E-state index in [0.717, 1.165) is 11.3 Å². The molecule has 1 aromatic heterocycles. The van der Waals surface area contributed by atoms with Crippen molar-refractivity contribution in [2.75, 3.05) is 7.11 Å². The van der Waals surface area contributed by atoms with Crippen LogP contribution >= 0.6 is 0 Å². The second-order valence-electron chi connectivity index (χ2n) is 5.11. The molecule has 0 bridgehead atoms. The second-order valence-corrected chi connectivity index (χ2v) is 5.11. The average Bonchev–Trinajstić information content (AvgIpc) is 2.80. The standard InChI is InChI=1S/C13H17N3O2/c1-13(2,3)11-9(16-8-7-14-15-16)5-6-10(17)12(11)18-4/h5-8,17H,1-4H3. The van der Waals surface area contributed by atoms with Gasteiger partial charge in [0.1, 0.15) is 0 Å². The van der Waals surface area contributed by atoms with E-state index in [1.165, 1.54) is 0 Å². The van der Waals surface area contributed by atoms with E-state index in [2.05, 4.69) is 31.1 Å². The quantitative estimate of drug-likeness (QED) is 0.884. The summed E-state index contributed by atoms with van der Waals surface area (Å²) in [6.07, 6.45) is 3.38. The van der Waals surface area contributed by atoms with Gasteiger partial charge >= 0.3 is 0 Å². The highest BCUT2D eigenvalue weighted by atomic mass is 16.5. The van der Waals surface area contributed by atoms with Crippen molar-refractivity contribution in [3.63, 3.8) is 0 Å². The molecule has 0 fully saturated rings. The van der Waals surface area contributed by atoms with Gasteiger partial charge in [0.2, 0.25) is 0 Å². The van der Waals surface area contributed by atoms with E-state index in [9.17, 15) is 5.11 Å². The lowest BCUT2D eigenvalue weighted by Crippen LogP contribution is -2.17. The Bertz CT molecular complexity index is 542. The Morgan fingerprint density at radius 1 is 1.28 bits per heavy atom. The van der Waals surface area contributed by atoms with Crippen LogP contribution in [0, 0.1) is 0 Å². The summed E-state index contributed by atoms with van der Waals surface area (Å²) in [4.78, 5) is 0. The molecule has 1 aromatic carbocycles. The highest BCUT2D eigenvalue weighted by Crippen LogP contribution is 2.41. The number of aromatic hydroxyl groups is 1. The zero-order valence-corrected chi connectivity index (χ0v) is 11.0. The van der Waals surface area contributed by atoms with Crippen LogP contribution in [0.4, 0.5) is 0 Å². The lowest BCUT2D eigenvalue weighted by molar-refractivity contribution is 0.360. The molecular formula is C13H17N3O2. The highest BCUT2D eigenvalue weighted by Gasteiger charge is 2.26. The van der Waals surface area contributed by atoms with E-state index in [0.29, 0.717) is 5.75 Å². The molecular weight excluding hydrogens is 230 g/mol. The third-order valence-electron chi connectivity index (χ3n) is 2.74. The van der Waals surface area contributed by atoms with Gasteiger partial charge in [-0.1, -0.05) is 26.0 Å². The highest BCUT2D eigenvalue weighted by molar-refractivity contribution is 5.59. The molecule has 96 valence electrons. The van der Waals surface area contributed by atoms with Crippen LogP contribution in [-0.2, 0) is 5.41 Å². The Kier molecular flexibility index (Phi) is 2.98. The summed E-state index contributed by atoms with van der Waals surface area (Å²) in [5.74, 6) is 0.613. The number of aromatic nitrogens is 3. The number of ether oxygens (including phenoxy) is 1. The molecule has 0 aliphatic rings. The number of rotatable bonds is 2. The fourth-order valence-corrected chi connectivity index (χ4v) is 2.02. The molecule has 5 heteroatoms. The molecule has 18 heavy (non-hydrogen) atoms. The van der Waals surface area contributed by atoms with Gasteiger partial charge in [-0.2, -0.15) is 0 Å². The Hall–Kier alpha value is -2.04.